The van der Waals surface area contributed by atoms with Gasteiger partial charge in [-0.05, 0) is 37.3 Å². The van der Waals surface area contributed by atoms with Crippen LogP contribution in [0.25, 0.3) is 0 Å². The SMILES string of the molecule is Cc1ccc(F)c(C(CC(=O)O)C2CC2)c1F. The van der Waals surface area contributed by atoms with Gasteiger partial charge in [-0.15, -0.1) is 0 Å². The molecular formula is C13H14F2O2. The fourth-order valence-electron chi connectivity index (χ4n) is 2.21. The summed E-state index contributed by atoms with van der Waals surface area (Å²) >= 11 is 0. The summed E-state index contributed by atoms with van der Waals surface area (Å²) in [5, 5.41) is 8.83. The van der Waals surface area contributed by atoms with Crippen LogP contribution in [-0.4, -0.2) is 11.1 Å². The van der Waals surface area contributed by atoms with E-state index in [0.29, 0.717) is 5.56 Å². The molecule has 0 radical (unpaired) electrons. The standard InChI is InChI=1S/C13H14F2O2/c1-7-2-5-10(14)12(13(7)15)9(6-11(16)17)8-3-4-8/h2,5,8-9H,3-4,6H2,1H3,(H,16,17). The van der Waals surface area contributed by atoms with Crippen molar-refractivity contribution >= 4 is 5.97 Å². The van der Waals surface area contributed by atoms with E-state index < -0.39 is 23.5 Å². The number of carboxylic acids is 1. The largest absolute Gasteiger partial charge is 0.481 e. The molecule has 1 atom stereocenters. The number of aryl methyl sites for hydroxylation is 1. The van der Waals surface area contributed by atoms with Crippen molar-refractivity contribution in [3.8, 4) is 0 Å². The van der Waals surface area contributed by atoms with E-state index in [9.17, 15) is 13.6 Å². The fourth-order valence-corrected chi connectivity index (χ4v) is 2.21. The summed E-state index contributed by atoms with van der Waals surface area (Å²) in [6.45, 7) is 1.56. The van der Waals surface area contributed by atoms with E-state index in [1.54, 1.807) is 6.92 Å². The van der Waals surface area contributed by atoms with Crippen molar-refractivity contribution < 1.29 is 18.7 Å². The van der Waals surface area contributed by atoms with E-state index in [2.05, 4.69) is 0 Å². The highest BCUT2D eigenvalue weighted by molar-refractivity contribution is 5.68. The number of halogens is 2. The third-order valence-electron chi connectivity index (χ3n) is 3.28. The van der Waals surface area contributed by atoms with Gasteiger partial charge in [0.1, 0.15) is 11.6 Å². The lowest BCUT2D eigenvalue weighted by atomic mass is 9.89. The van der Waals surface area contributed by atoms with Crippen LogP contribution in [0.3, 0.4) is 0 Å². The summed E-state index contributed by atoms with van der Waals surface area (Å²) < 4.78 is 27.6. The number of hydrogen-bond acceptors (Lipinski definition) is 1. The van der Waals surface area contributed by atoms with E-state index in [0.717, 1.165) is 12.8 Å². The van der Waals surface area contributed by atoms with Gasteiger partial charge in [-0.1, -0.05) is 6.07 Å². The summed E-state index contributed by atoms with van der Waals surface area (Å²) in [5.41, 5.74) is 0.312. The molecule has 4 heteroatoms. The molecule has 17 heavy (non-hydrogen) atoms. The van der Waals surface area contributed by atoms with Crippen LogP contribution >= 0.6 is 0 Å². The lowest BCUT2D eigenvalue weighted by Gasteiger charge is -2.17. The lowest BCUT2D eigenvalue weighted by Crippen LogP contribution is -2.12. The summed E-state index contributed by atoms with van der Waals surface area (Å²) in [6.07, 6.45) is 1.50. The van der Waals surface area contributed by atoms with E-state index in [4.69, 9.17) is 5.11 Å². The van der Waals surface area contributed by atoms with Crippen LogP contribution in [0.15, 0.2) is 12.1 Å². The Kier molecular flexibility index (Phi) is 3.13. The second-order valence-electron chi connectivity index (χ2n) is 4.63. The number of carbonyl (C=O) groups is 1. The molecule has 1 saturated carbocycles. The molecule has 0 saturated heterocycles. The monoisotopic (exact) mass is 240 g/mol. The highest BCUT2D eigenvalue weighted by atomic mass is 19.1. The van der Waals surface area contributed by atoms with Crippen LogP contribution in [0.2, 0.25) is 0 Å². The van der Waals surface area contributed by atoms with Crippen LogP contribution in [0.4, 0.5) is 8.78 Å². The number of rotatable bonds is 4. The van der Waals surface area contributed by atoms with Gasteiger partial charge in [0.05, 0.1) is 6.42 Å². The molecule has 0 aliphatic heterocycles. The molecule has 1 aromatic rings. The zero-order chi connectivity index (χ0) is 12.6. The number of carboxylic acid groups (broad SMARTS) is 1. The molecule has 1 unspecified atom stereocenters. The Hall–Kier alpha value is -1.45. The predicted octanol–water partition coefficient (Wildman–Crippen LogP) is 3.24. The Balaban J connectivity index is 2.41. The molecule has 0 amide bonds. The van der Waals surface area contributed by atoms with Crippen LogP contribution in [0.5, 0.6) is 0 Å². The number of hydrogen-bond donors (Lipinski definition) is 1. The number of benzene rings is 1. The minimum atomic E-state index is -1.01. The van der Waals surface area contributed by atoms with Gasteiger partial charge in [-0.25, -0.2) is 8.78 Å². The first-order valence-electron chi connectivity index (χ1n) is 5.67. The van der Waals surface area contributed by atoms with Crippen molar-refractivity contribution in [3.05, 3.63) is 34.9 Å². The van der Waals surface area contributed by atoms with Crippen LogP contribution in [0.1, 0.15) is 36.3 Å². The van der Waals surface area contributed by atoms with E-state index in [1.165, 1.54) is 12.1 Å². The third-order valence-corrected chi connectivity index (χ3v) is 3.28. The van der Waals surface area contributed by atoms with Gasteiger partial charge in [0, 0.05) is 11.5 Å². The van der Waals surface area contributed by atoms with Crippen molar-refractivity contribution in [2.45, 2.75) is 32.1 Å². The molecule has 0 heterocycles. The molecule has 1 aromatic carbocycles. The van der Waals surface area contributed by atoms with Gasteiger partial charge in [0.25, 0.3) is 0 Å². The fraction of sp³-hybridized carbons (Fsp3) is 0.462. The van der Waals surface area contributed by atoms with Crippen molar-refractivity contribution in [1.29, 1.82) is 0 Å². The molecular weight excluding hydrogens is 226 g/mol. The van der Waals surface area contributed by atoms with E-state index >= 15 is 0 Å². The van der Waals surface area contributed by atoms with Crippen LogP contribution in [-0.2, 0) is 4.79 Å². The molecule has 92 valence electrons. The van der Waals surface area contributed by atoms with Crippen LogP contribution < -0.4 is 0 Å². The Labute approximate surface area is 98.3 Å². The maximum absolute atomic E-state index is 13.9. The minimum Gasteiger partial charge on any atom is -0.481 e. The summed E-state index contributed by atoms with van der Waals surface area (Å²) in [4.78, 5) is 10.8. The highest BCUT2D eigenvalue weighted by Crippen LogP contribution is 2.46. The average molecular weight is 240 g/mol. The Morgan fingerprint density at radius 3 is 2.65 bits per heavy atom. The molecule has 0 bridgehead atoms. The first-order valence-corrected chi connectivity index (χ1v) is 5.67. The summed E-state index contributed by atoms with van der Waals surface area (Å²) in [5.74, 6) is -2.67. The van der Waals surface area contributed by atoms with E-state index in [-0.39, 0.29) is 17.9 Å². The summed E-state index contributed by atoms with van der Waals surface area (Å²) in [6, 6.07) is 2.59. The summed E-state index contributed by atoms with van der Waals surface area (Å²) in [7, 11) is 0. The van der Waals surface area contributed by atoms with Crippen LogP contribution in [0, 0.1) is 24.5 Å². The molecule has 1 aliphatic rings. The Bertz CT molecular complexity index is 453. The first kappa shape index (κ1) is 12.0. The second-order valence-corrected chi connectivity index (χ2v) is 4.63. The number of aliphatic carboxylic acids is 1. The van der Waals surface area contributed by atoms with Gasteiger partial charge in [-0.2, -0.15) is 0 Å². The Morgan fingerprint density at radius 1 is 1.47 bits per heavy atom. The van der Waals surface area contributed by atoms with Crippen molar-refractivity contribution in [2.24, 2.45) is 5.92 Å². The van der Waals surface area contributed by atoms with Gasteiger partial charge in [-0.3, -0.25) is 4.79 Å². The van der Waals surface area contributed by atoms with Gasteiger partial charge >= 0.3 is 5.97 Å². The third kappa shape index (κ3) is 2.46. The maximum atomic E-state index is 13.9. The van der Waals surface area contributed by atoms with Crippen molar-refractivity contribution in [3.63, 3.8) is 0 Å². The van der Waals surface area contributed by atoms with E-state index in [1.807, 2.05) is 0 Å². The van der Waals surface area contributed by atoms with Gasteiger partial charge in [0.15, 0.2) is 0 Å². The maximum Gasteiger partial charge on any atom is 0.303 e. The smallest absolute Gasteiger partial charge is 0.303 e. The molecule has 2 rings (SSSR count). The lowest BCUT2D eigenvalue weighted by molar-refractivity contribution is -0.137. The zero-order valence-corrected chi connectivity index (χ0v) is 9.54. The molecule has 0 aromatic heterocycles. The second kappa shape index (κ2) is 4.43. The molecule has 0 spiro atoms. The highest BCUT2D eigenvalue weighted by Gasteiger charge is 2.37. The average Bonchev–Trinajstić information content (AvgIpc) is 3.06. The predicted molar refractivity (Wildman–Crippen MR) is 58.8 cm³/mol. The first-order chi connectivity index (χ1) is 8.00. The zero-order valence-electron chi connectivity index (χ0n) is 9.54. The topological polar surface area (TPSA) is 37.3 Å². The normalized spacial score (nSPS) is 16.9. The molecule has 1 fully saturated rings. The molecule has 2 nitrogen and oxygen atoms in total. The quantitative estimate of drug-likeness (QED) is 0.877. The Morgan fingerprint density at radius 2 is 2.12 bits per heavy atom. The van der Waals surface area contributed by atoms with Gasteiger partial charge in [0.2, 0.25) is 0 Å². The van der Waals surface area contributed by atoms with Crippen molar-refractivity contribution in [1.82, 2.24) is 0 Å². The molecule has 1 N–H and O–H groups in total. The van der Waals surface area contributed by atoms with Gasteiger partial charge < -0.3 is 5.11 Å². The minimum absolute atomic E-state index is 0.0464. The van der Waals surface area contributed by atoms with Crippen molar-refractivity contribution in [2.75, 3.05) is 0 Å². The molecule has 1 aliphatic carbocycles.